The average molecular weight is 229 g/mol. The lowest BCUT2D eigenvalue weighted by atomic mass is 10.2. The second-order valence-corrected chi connectivity index (χ2v) is 3.93. The molecule has 0 amide bonds. The van der Waals surface area contributed by atoms with Gasteiger partial charge in [-0.05, 0) is 12.8 Å². The number of carbonyl (C=O) groups is 1. The Kier molecular flexibility index (Phi) is 4.39. The minimum absolute atomic E-state index is 0.107. The molecule has 0 aromatic carbocycles. The zero-order chi connectivity index (χ0) is 12.1. The van der Waals surface area contributed by atoms with Crippen molar-refractivity contribution in [2.75, 3.05) is 13.3 Å². The number of aryl methyl sites for hydroxylation is 1. The van der Waals surface area contributed by atoms with Crippen molar-refractivity contribution in [3.8, 4) is 0 Å². The topological polar surface area (TPSA) is 57.0 Å². The Morgan fingerprint density at radius 3 is 2.81 bits per heavy atom. The van der Waals surface area contributed by atoms with Crippen LogP contribution >= 0.6 is 0 Å². The van der Waals surface area contributed by atoms with E-state index < -0.39 is 12.6 Å². The zero-order valence-corrected chi connectivity index (χ0v) is 9.73. The molecule has 5 nitrogen and oxygen atoms in total. The zero-order valence-electron chi connectivity index (χ0n) is 9.73. The van der Waals surface area contributed by atoms with Crippen LogP contribution in [0.3, 0.4) is 0 Å². The molecule has 6 heteroatoms. The largest absolute Gasteiger partial charge is 0.461 e. The summed E-state index contributed by atoms with van der Waals surface area (Å²) < 4.78 is 18.5. The normalized spacial score (nSPS) is 10.8. The van der Waals surface area contributed by atoms with Gasteiger partial charge in [-0.1, -0.05) is 19.1 Å². The van der Waals surface area contributed by atoms with Crippen LogP contribution in [0.2, 0.25) is 0 Å². The van der Waals surface area contributed by atoms with Gasteiger partial charge >= 0.3 is 5.97 Å². The number of carbonyl (C=O) groups excluding carboxylic acids is 1. The van der Waals surface area contributed by atoms with Gasteiger partial charge < -0.3 is 4.74 Å². The lowest BCUT2D eigenvalue weighted by Gasteiger charge is -2.05. The first-order valence-electron chi connectivity index (χ1n) is 5.19. The molecule has 16 heavy (non-hydrogen) atoms. The smallest absolute Gasteiger partial charge is 0.360 e. The lowest BCUT2D eigenvalue weighted by molar-refractivity contribution is 0.0451. The lowest BCUT2D eigenvalue weighted by Crippen LogP contribution is -2.12. The van der Waals surface area contributed by atoms with Gasteiger partial charge in [0.2, 0.25) is 0 Å². The standard InChI is InChI=1S/C10H16FN3O2/c1-7(2)6-16-10(15)9-8(3)14(5-4-11)13-12-9/h7H,4-6H2,1-3H3. The third-order valence-electron chi connectivity index (χ3n) is 2.02. The number of hydrogen-bond acceptors (Lipinski definition) is 4. The molecule has 0 aliphatic carbocycles. The third kappa shape index (κ3) is 3.01. The Bertz CT molecular complexity index is 363. The van der Waals surface area contributed by atoms with Gasteiger partial charge in [-0.15, -0.1) is 5.10 Å². The highest BCUT2D eigenvalue weighted by atomic mass is 19.1. The van der Waals surface area contributed by atoms with Crippen LogP contribution in [0.15, 0.2) is 0 Å². The van der Waals surface area contributed by atoms with Crippen LogP contribution in [0, 0.1) is 12.8 Å². The molecule has 0 fully saturated rings. The van der Waals surface area contributed by atoms with E-state index >= 15 is 0 Å². The minimum Gasteiger partial charge on any atom is -0.461 e. The summed E-state index contributed by atoms with van der Waals surface area (Å²) in [4.78, 5) is 11.6. The Hall–Kier alpha value is -1.46. The van der Waals surface area contributed by atoms with E-state index in [2.05, 4.69) is 10.3 Å². The fraction of sp³-hybridized carbons (Fsp3) is 0.700. The SMILES string of the molecule is Cc1c(C(=O)OCC(C)C)nnn1CCF. The molecule has 1 aromatic heterocycles. The fourth-order valence-corrected chi connectivity index (χ4v) is 1.15. The van der Waals surface area contributed by atoms with E-state index in [0.717, 1.165) is 0 Å². The van der Waals surface area contributed by atoms with Gasteiger partial charge in [0.25, 0.3) is 0 Å². The van der Waals surface area contributed by atoms with Crippen LogP contribution in [-0.4, -0.2) is 34.2 Å². The summed E-state index contributed by atoms with van der Waals surface area (Å²) >= 11 is 0. The van der Waals surface area contributed by atoms with Gasteiger partial charge in [-0.3, -0.25) is 0 Å². The van der Waals surface area contributed by atoms with Crippen LogP contribution < -0.4 is 0 Å². The van der Waals surface area contributed by atoms with Crippen LogP contribution in [0.4, 0.5) is 4.39 Å². The third-order valence-corrected chi connectivity index (χ3v) is 2.02. The number of aromatic nitrogens is 3. The maximum atomic E-state index is 12.1. The van der Waals surface area contributed by atoms with Gasteiger partial charge in [0.15, 0.2) is 5.69 Å². The van der Waals surface area contributed by atoms with Gasteiger partial charge in [-0.2, -0.15) is 0 Å². The molecule has 0 aliphatic heterocycles. The van der Waals surface area contributed by atoms with Crippen molar-refractivity contribution in [1.82, 2.24) is 15.0 Å². The molecule has 0 unspecified atom stereocenters. The van der Waals surface area contributed by atoms with Crippen LogP contribution in [-0.2, 0) is 11.3 Å². The average Bonchev–Trinajstić information content (AvgIpc) is 2.58. The highest BCUT2D eigenvalue weighted by Gasteiger charge is 2.17. The molecular formula is C10H16FN3O2. The summed E-state index contributed by atoms with van der Waals surface area (Å²) in [6.45, 7) is 5.47. The summed E-state index contributed by atoms with van der Waals surface area (Å²) in [6, 6.07) is 0. The molecule has 0 radical (unpaired) electrons. The van der Waals surface area contributed by atoms with E-state index in [9.17, 15) is 9.18 Å². The van der Waals surface area contributed by atoms with Crippen molar-refractivity contribution in [1.29, 1.82) is 0 Å². The van der Waals surface area contributed by atoms with E-state index in [4.69, 9.17) is 4.74 Å². The predicted molar refractivity (Wildman–Crippen MR) is 55.9 cm³/mol. The summed E-state index contributed by atoms with van der Waals surface area (Å²) in [5.41, 5.74) is 0.695. The first kappa shape index (κ1) is 12.6. The number of halogens is 1. The number of rotatable bonds is 5. The van der Waals surface area contributed by atoms with Crippen LogP contribution in [0.5, 0.6) is 0 Å². The van der Waals surface area contributed by atoms with Gasteiger partial charge in [0.1, 0.15) is 6.67 Å². The van der Waals surface area contributed by atoms with Crippen LogP contribution in [0.25, 0.3) is 0 Å². The number of esters is 1. The molecule has 90 valence electrons. The molecule has 0 saturated carbocycles. The van der Waals surface area contributed by atoms with Crippen molar-refractivity contribution in [2.45, 2.75) is 27.3 Å². The first-order valence-corrected chi connectivity index (χ1v) is 5.19. The molecule has 0 saturated heterocycles. The summed E-state index contributed by atoms with van der Waals surface area (Å²) in [5, 5.41) is 7.36. The van der Waals surface area contributed by atoms with E-state index in [0.29, 0.717) is 12.3 Å². The van der Waals surface area contributed by atoms with E-state index in [-0.39, 0.29) is 18.2 Å². The minimum atomic E-state index is -0.537. The van der Waals surface area contributed by atoms with Gasteiger partial charge in [0.05, 0.1) is 18.8 Å². The summed E-state index contributed by atoms with van der Waals surface area (Å²) in [7, 11) is 0. The molecule has 1 heterocycles. The molecule has 0 spiro atoms. The highest BCUT2D eigenvalue weighted by Crippen LogP contribution is 2.06. The number of alkyl halides is 1. The molecular weight excluding hydrogens is 213 g/mol. The maximum absolute atomic E-state index is 12.1. The van der Waals surface area contributed by atoms with Crippen molar-refractivity contribution >= 4 is 5.97 Å². The molecule has 0 atom stereocenters. The second-order valence-electron chi connectivity index (χ2n) is 3.93. The van der Waals surface area contributed by atoms with E-state index in [1.54, 1.807) is 6.92 Å². The summed E-state index contributed by atoms with van der Waals surface area (Å²) in [5.74, 6) is -0.235. The van der Waals surface area contributed by atoms with E-state index in [1.807, 2.05) is 13.8 Å². The molecule has 0 aliphatic rings. The van der Waals surface area contributed by atoms with Gasteiger partial charge in [-0.25, -0.2) is 13.9 Å². The molecule has 0 N–H and O–H groups in total. The Balaban J connectivity index is 2.69. The predicted octanol–water partition coefficient (Wildman–Crippen LogP) is 1.37. The Morgan fingerprint density at radius 1 is 1.56 bits per heavy atom. The van der Waals surface area contributed by atoms with Crippen molar-refractivity contribution in [3.63, 3.8) is 0 Å². The van der Waals surface area contributed by atoms with Gasteiger partial charge in [0, 0.05) is 0 Å². The van der Waals surface area contributed by atoms with Crippen LogP contribution in [0.1, 0.15) is 30.0 Å². The first-order chi connectivity index (χ1) is 7.56. The van der Waals surface area contributed by atoms with E-state index in [1.165, 1.54) is 4.68 Å². The quantitative estimate of drug-likeness (QED) is 0.715. The molecule has 1 aromatic rings. The van der Waals surface area contributed by atoms with Crippen molar-refractivity contribution in [2.24, 2.45) is 5.92 Å². The molecule has 1 rings (SSSR count). The Morgan fingerprint density at radius 2 is 2.25 bits per heavy atom. The molecule has 0 bridgehead atoms. The highest BCUT2D eigenvalue weighted by molar-refractivity contribution is 5.88. The van der Waals surface area contributed by atoms with Crippen molar-refractivity contribution in [3.05, 3.63) is 11.4 Å². The Labute approximate surface area is 93.6 Å². The number of ether oxygens (including phenoxy) is 1. The monoisotopic (exact) mass is 229 g/mol. The number of nitrogens with zero attached hydrogens (tertiary/aromatic N) is 3. The summed E-state index contributed by atoms with van der Waals surface area (Å²) in [6.07, 6.45) is 0. The fourth-order valence-electron chi connectivity index (χ4n) is 1.15. The maximum Gasteiger partial charge on any atom is 0.360 e. The second kappa shape index (κ2) is 5.58. The number of hydrogen-bond donors (Lipinski definition) is 0. The van der Waals surface area contributed by atoms with Crippen molar-refractivity contribution < 1.29 is 13.9 Å².